The molecule has 0 aliphatic carbocycles. The maximum Gasteiger partial charge on any atom is 0.430 e. The molecule has 26 heavy (non-hydrogen) atoms. The average molecular weight is 355 g/mol. The van der Waals surface area contributed by atoms with E-state index in [0.29, 0.717) is 30.4 Å². The minimum atomic E-state index is 0.380. The molecule has 0 fully saturated rings. The Bertz CT molecular complexity index is 736. The lowest BCUT2D eigenvalue weighted by atomic mass is 10.0. The van der Waals surface area contributed by atoms with E-state index in [0.717, 1.165) is 42.6 Å². The molecule has 0 aromatic heterocycles. The Morgan fingerprint density at radius 2 is 1.50 bits per heavy atom. The van der Waals surface area contributed by atoms with Crippen molar-refractivity contribution in [1.82, 2.24) is 0 Å². The van der Waals surface area contributed by atoms with E-state index >= 15 is 0 Å². The van der Waals surface area contributed by atoms with Crippen LogP contribution in [0.15, 0.2) is 36.4 Å². The van der Waals surface area contributed by atoms with Gasteiger partial charge in [0.1, 0.15) is 11.5 Å². The molecule has 0 radical (unpaired) electrons. The molecule has 0 saturated carbocycles. The van der Waals surface area contributed by atoms with Crippen molar-refractivity contribution in [3.8, 4) is 28.4 Å². The van der Waals surface area contributed by atoms with Crippen molar-refractivity contribution in [2.75, 3.05) is 20.3 Å². The number of hydrogen-bond acceptors (Lipinski definition) is 4. The SMILES string of the molecule is CCCCOc1cc(-c2ccc(OC)cc2)c(OCCCC)cc1[N+]#N. The third-order valence-corrected chi connectivity index (χ3v) is 4.08. The summed E-state index contributed by atoms with van der Waals surface area (Å²) in [7, 11) is 1.64. The lowest BCUT2D eigenvalue weighted by Crippen LogP contribution is -2.01. The minimum Gasteiger partial charge on any atom is -0.497 e. The van der Waals surface area contributed by atoms with Gasteiger partial charge in [0.05, 0.1) is 26.4 Å². The van der Waals surface area contributed by atoms with Crippen molar-refractivity contribution >= 4 is 5.69 Å². The summed E-state index contributed by atoms with van der Waals surface area (Å²) in [6.07, 6.45) is 3.99. The number of diazo groups is 1. The van der Waals surface area contributed by atoms with Crippen molar-refractivity contribution in [2.24, 2.45) is 0 Å². The summed E-state index contributed by atoms with van der Waals surface area (Å²) >= 11 is 0. The van der Waals surface area contributed by atoms with Gasteiger partial charge in [-0.1, -0.05) is 38.8 Å². The summed E-state index contributed by atoms with van der Waals surface area (Å²) in [6.45, 7) is 5.42. The van der Waals surface area contributed by atoms with Gasteiger partial charge in [-0.05, 0) is 30.5 Å². The second-order valence-corrected chi connectivity index (χ2v) is 6.05. The Kier molecular flexibility index (Phi) is 7.75. The molecule has 0 saturated heterocycles. The van der Waals surface area contributed by atoms with Crippen LogP contribution in [0.3, 0.4) is 0 Å². The van der Waals surface area contributed by atoms with Gasteiger partial charge >= 0.3 is 5.69 Å². The number of hydrogen-bond donors (Lipinski definition) is 0. The fraction of sp³-hybridized carbons (Fsp3) is 0.429. The highest BCUT2D eigenvalue weighted by Crippen LogP contribution is 2.41. The van der Waals surface area contributed by atoms with Crippen molar-refractivity contribution in [3.05, 3.63) is 41.4 Å². The highest BCUT2D eigenvalue weighted by molar-refractivity contribution is 5.78. The molecule has 5 heteroatoms. The van der Waals surface area contributed by atoms with E-state index in [1.165, 1.54) is 0 Å². The summed E-state index contributed by atoms with van der Waals surface area (Å²) in [5, 5.41) is 9.37. The Morgan fingerprint density at radius 1 is 0.885 bits per heavy atom. The van der Waals surface area contributed by atoms with Gasteiger partial charge < -0.3 is 14.2 Å². The molecule has 0 atom stereocenters. The van der Waals surface area contributed by atoms with Gasteiger partial charge in [-0.15, -0.1) is 0 Å². The quantitative estimate of drug-likeness (QED) is 0.376. The first-order valence-corrected chi connectivity index (χ1v) is 9.16. The topological polar surface area (TPSA) is 55.8 Å². The first kappa shape index (κ1) is 19.6. The van der Waals surface area contributed by atoms with E-state index in [-0.39, 0.29) is 0 Å². The molecule has 2 aromatic rings. The van der Waals surface area contributed by atoms with E-state index < -0.39 is 0 Å². The maximum atomic E-state index is 9.37. The highest BCUT2D eigenvalue weighted by Gasteiger charge is 2.22. The summed E-state index contributed by atoms with van der Waals surface area (Å²) in [5.41, 5.74) is 2.27. The average Bonchev–Trinajstić information content (AvgIpc) is 2.69. The fourth-order valence-electron chi connectivity index (χ4n) is 2.51. The van der Waals surface area contributed by atoms with Gasteiger partial charge in [-0.2, -0.15) is 0 Å². The molecule has 2 rings (SSSR count). The van der Waals surface area contributed by atoms with Gasteiger partial charge in [-0.3, -0.25) is 0 Å². The normalized spacial score (nSPS) is 10.2. The van der Waals surface area contributed by atoms with Crippen LogP contribution in [0.5, 0.6) is 17.2 Å². The molecule has 0 bridgehead atoms. The number of methoxy groups -OCH3 is 1. The van der Waals surface area contributed by atoms with Gasteiger partial charge in [0, 0.05) is 11.6 Å². The zero-order valence-electron chi connectivity index (χ0n) is 15.8. The predicted molar refractivity (Wildman–Crippen MR) is 104 cm³/mol. The molecule has 2 aromatic carbocycles. The minimum absolute atomic E-state index is 0.380. The van der Waals surface area contributed by atoms with Crippen LogP contribution in [-0.2, 0) is 0 Å². The van der Waals surface area contributed by atoms with Crippen LogP contribution in [-0.4, -0.2) is 20.3 Å². The van der Waals surface area contributed by atoms with E-state index in [1.807, 2.05) is 30.3 Å². The third kappa shape index (κ3) is 5.13. The number of rotatable bonds is 10. The molecule has 0 aliphatic rings. The monoisotopic (exact) mass is 355 g/mol. The number of ether oxygens (including phenoxy) is 3. The Balaban J connectivity index is 2.41. The molecular formula is C21H27N2O3+. The van der Waals surface area contributed by atoms with Gasteiger partial charge in [0.25, 0.3) is 0 Å². The first-order chi connectivity index (χ1) is 12.7. The van der Waals surface area contributed by atoms with Gasteiger partial charge in [0.15, 0.2) is 4.98 Å². The summed E-state index contributed by atoms with van der Waals surface area (Å²) in [5.74, 6) is 2.03. The molecule has 5 nitrogen and oxygen atoms in total. The van der Waals surface area contributed by atoms with Crippen molar-refractivity contribution < 1.29 is 14.2 Å². The zero-order chi connectivity index (χ0) is 18.8. The molecule has 0 amide bonds. The summed E-state index contributed by atoms with van der Waals surface area (Å²) < 4.78 is 17.0. The van der Waals surface area contributed by atoms with Crippen LogP contribution in [0.4, 0.5) is 5.69 Å². The molecule has 0 unspecified atom stereocenters. The van der Waals surface area contributed by atoms with Crippen molar-refractivity contribution in [1.29, 1.82) is 5.39 Å². The van der Waals surface area contributed by atoms with Crippen LogP contribution >= 0.6 is 0 Å². The van der Waals surface area contributed by atoms with Gasteiger partial charge in [0.2, 0.25) is 11.1 Å². The Hall–Kier alpha value is -2.74. The molecule has 0 aliphatic heterocycles. The number of nitrogens with zero attached hydrogens (tertiary/aromatic N) is 2. The molecule has 0 spiro atoms. The lowest BCUT2D eigenvalue weighted by molar-refractivity contribution is 0.303. The van der Waals surface area contributed by atoms with E-state index in [2.05, 4.69) is 18.8 Å². The van der Waals surface area contributed by atoms with Crippen molar-refractivity contribution in [3.63, 3.8) is 0 Å². The van der Waals surface area contributed by atoms with Crippen LogP contribution in [0, 0.1) is 5.39 Å². The third-order valence-electron chi connectivity index (χ3n) is 4.08. The van der Waals surface area contributed by atoms with Crippen LogP contribution in [0.25, 0.3) is 16.1 Å². The standard InChI is InChI=1S/C21H27N2O3/c1-4-6-12-25-20-15-19(23-22)21(26-13-7-5-2)14-18(20)16-8-10-17(24-3)11-9-16/h8-11,14-15H,4-7,12-13H2,1-3H3/q+1. The Labute approximate surface area is 155 Å². The second kappa shape index (κ2) is 10.3. The molecule has 138 valence electrons. The first-order valence-electron chi connectivity index (χ1n) is 9.16. The van der Waals surface area contributed by atoms with E-state index in [9.17, 15) is 5.39 Å². The maximum absolute atomic E-state index is 9.37. The summed E-state index contributed by atoms with van der Waals surface area (Å²) in [6, 6.07) is 11.4. The second-order valence-electron chi connectivity index (χ2n) is 6.05. The molecular weight excluding hydrogens is 328 g/mol. The Morgan fingerprint density at radius 3 is 2.04 bits per heavy atom. The number of benzene rings is 2. The van der Waals surface area contributed by atoms with Gasteiger partial charge in [-0.25, -0.2) is 0 Å². The predicted octanol–water partition coefficient (Wildman–Crippen LogP) is 6.20. The zero-order valence-corrected chi connectivity index (χ0v) is 15.8. The molecule has 0 heterocycles. The van der Waals surface area contributed by atoms with Crippen LogP contribution in [0.1, 0.15) is 39.5 Å². The fourth-order valence-corrected chi connectivity index (χ4v) is 2.51. The van der Waals surface area contributed by atoms with E-state index in [1.54, 1.807) is 13.2 Å². The van der Waals surface area contributed by atoms with E-state index in [4.69, 9.17) is 14.2 Å². The number of unbranched alkanes of at least 4 members (excludes halogenated alkanes) is 2. The summed E-state index contributed by atoms with van der Waals surface area (Å²) in [4.78, 5) is 3.38. The largest absolute Gasteiger partial charge is 0.497 e. The van der Waals surface area contributed by atoms with Crippen LogP contribution < -0.4 is 14.2 Å². The smallest absolute Gasteiger partial charge is 0.430 e. The highest BCUT2D eigenvalue weighted by atomic mass is 16.5. The van der Waals surface area contributed by atoms with Crippen molar-refractivity contribution in [2.45, 2.75) is 39.5 Å². The lowest BCUT2D eigenvalue weighted by Gasteiger charge is -2.13. The molecule has 0 N–H and O–H groups in total. The van der Waals surface area contributed by atoms with Crippen LogP contribution in [0.2, 0.25) is 0 Å².